The van der Waals surface area contributed by atoms with Crippen LogP contribution in [0, 0.1) is 28.4 Å². The van der Waals surface area contributed by atoms with E-state index in [0.717, 1.165) is 6.07 Å². The van der Waals surface area contributed by atoms with Gasteiger partial charge in [-0.25, -0.2) is 8.78 Å². The quantitative estimate of drug-likeness (QED) is 0.790. The summed E-state index contributed by atoms with van der Waals surface area (Å²) in [5.41, 5.74) is -0.723. The molecule has 0 aliphatic heterocycles. The molecule has 0 aromatic heterocycles. The van der Waals surface area contributed by atoms with Gasteiger partial charge in [0.1, 0.15) is 17.0 Å². The molecule has 0 saturated heterocycles. The van der Waals surface area contributed by atoms with Crippen LogP contribution in [0.1, 0.15) is 24.8 Å². The van der Waals surface area contributed by atoms with Crippen molar-refractivity contribution in [2.75, 3.05) is 0 Å². The Morgan fingerprint density at radius 3 is 2.41 bits per heavy atom. The van der Waals surface area contributed by atoms with E-state index in [2.05, 4.69) is 0 Å². The highest BCUT2D eigenvalue weighted by Gasteiger charge is 2.42. The van der Waals surface area contributed by atoms with E-state index in [1.165, 1.54) is 12.1 Å². The minimum Gasteiger partial charge on any atom is -0.298 e. The number of carbonyl (C=O) groups is 1. The fourth-order valence-corrected chi connectivity index (χ4v) is 2.34. The van der Waals surface area contributed by atoms with Crippen molar-refractivity contribution in [3.63, 3.8) is 0 Å². The van der Waals surface area contributed by atoms with E-state index in [-0.39, 0.29) is 12.2 Å². The van der Waals surface area contributed by atoms with Crippen LogP contribution in [0.3, 0.4) is 0 Å². The average molecular weight is 235 g/mol. The Balaban J connectivity index is 2.31. The summed E-state index contributed by atoms with van der Waals surface area (Å²) in [4.78, 5) is 11.7. The summed E-state index contributed by atoms with van der Waals surface area (Å²) in [7, 11) is 0. The second-order valence-electron chi connectivity index (χ2n) is 4.43. The molecule has 0 spiro atoms. The van der Waals surface area contributed by atoms with Crippen LogP contribution in [0.4, 0.5) is 8.78 Å². The Kier molecular flexibility index (Phi) is 2.93. The Bertz CT molecular complexity index is 486. The number of hydrogen-bond donors (Lipinski definition) is 0. The maximum atomic E-state index is 13.0. The molecule has 1 aliphatic carbocycles. The molecule has 1 aromatic carbocycles. The molecule has 1 unspecified atom stereocenters. The predicted octanol–water partition coefficient (Wildman–Crippen LogP) is 2.77. The first kappa shape index (κ1) is 11.7. The molecule has 1 aromatic rings. The highest BCUT2D eigenvalue weighted by molar-refractivity contribution is 5.89. The molecule has 4 heteroatoms. The molecule has 1 fully saturated rings. The number of halogens is 2. The zero-order chi connectivity index (χ0) is 12.5. The molecule has 1 saturated carbocycles. The number of hydrogen-bond acceptors (Lipinski definition) is 2. The number of nitrogens with zero attached hydrogens (tertiary/aromatic N) is 1. The van der Waals surface area contributed by atoms with Crippen LogP contribution < -0.4 is 0 Å². The van der Waals surface area contributed by atoms with Gasteiger partial charge in [0.15, 0.2) is 5.78 Å². The third-order valence-corrected chi connectivity index (χ3v) is 3.18. The number of nitriles is 1. The fourth-order valence-electron chi connectivity index (χ4n) is 2.34. The van der Waals surface area contributed by atoms with Crippen molar-refractivity contribution in [1.29, 1.82) is 5.26 Å². The van der Waals surface area contributed by atoms with E-state index in [4.69, 9.17) is 5.26 Å². The summed E-state index contributed by atoms with van der Waals surface area (Å²) < 4.78 is 26.0. The van der Waals surface area contributed by atoms with Crippen molar-refractivity contribution in [2.45, 2.75) is 25.7 Å². The molecular formula is C13H11F2NO. The average Bonchev–Trinajstić information content (AvgIpc) is 2.59. The maximum Gasteiger partial charge on any atom is 0.153 e. The highest BCUT2D eigenvalue weighted by Crippen LogP contribution is 2.37. The summed E-state index contributed by atoms with van der Waals surface area (Å²) in [6, 6.07) is 5.15. The monoisotopic (exact) mass is 235 g/mol. The lowest BCUT2D eigenvalue weighted by Gasteiger charge is -2.18. The molecule has 2 rings (SSSR count). The van der Waals surface area contributed by atoms with Gasteiger partial charge in [-0.1, -0.05) is 0 Å². The Hall–Kier alpha value is -1.76. The van der Waals surface area contributed by atoms with Gasteiger partial charge in [0.25, 0.3) is 0 Å². The number of carbonyl (C=O) groups excluding carboxylic acids is 1. The molecule has 0 amide bonds. The Labute approximate surface area is 97.9 Å². The molecule has 1 atom stereocenters. The molecule has 2 nitrogen and oxygen atoms in total. The standard InChI is InChI=1S/C13H11F2NO/c14-10-4-9(5-11(15)6-10)7-13(8-16)3-1-2-12(13)17/h4-6H,1-3,7H2. The summed E-state index contributed by atoms with van der Waals surface area (Å²) in [5, 5.41) is 9.13. The molecule has 0 bridgehead atoms. The largest absolute Gasteiger partial charge is 0.298 e. The van der Waals surface area contributed by atoms with Crippen molar-refractivity contribution >= 4 is 5.78 Å². The number of Topliss-reactive ketones (excluding diaryl/α,β-unsaturated/α-hetero) is 1. The van der Waals surface area contributed by atoms with Gasteiger partial charge in [-0.05, 0) is 37.0 Å². The van der Waals surface area contributed by atoms with Crippen molar-refractivity contribution < 1.29 is 13.6 Å². The molecule has 17 heavy (non-hydrogen) atoms. The molecule has 0 radical (unpaired) electrons. The summed E-state index contributed by atoms with van der Waals surface area (Å²) in [6.07, 6.45) is 1.62. The minimum absolute atomic E-state index is 0.0943. The summed E-state index contributed by atoms with van der Waals surface area (Å²) >= 11 is 0. The number of ketones is 1. The van der Waals surface area contributed by atoms with Gasteiger partial charge in [-0.3, -0.25) is 4.79 Å². The van der Waals surface area contributed by atoms with Gasteiger partial charge >= 0.3 is 0 Å². The van der Waals surface area contributed by atoms with Crippen molar-refractivity contribution in [2.24, 2.45) is 5.41 Å². The van der Waals surface area contributed by atoms with E-state index in [1.807, 2.05) is 6.07 Å². The van der Waals surface area contributed by atoms with E-state index in [1.54, 1.807) is 0 Å². The summed E-state index contributed by atoms with van der Waals surface area (Å²) in [6.45, 7) is 0. The molecular weight excluding hydrogens is 224 g/mol. The maximum absolute atomic E-state index is 13.0. The normalized spacial score (nSPS) is 23.7. The zero-order valence-electron chi connectivity index (χ0n) is 9.17. The first-order valence-electron chi connectivity index (χ1n) is 5.45. The fraction of sp³-hybridized carbons (Fsp3) is 0.385. The van der Waals surface area contributed by atoms with Crippen LogP contribution >= 0.6 is 0 Å². The Morgan fingerprint density at radius 1 is 1.29 bits per heavy atom. The second kappa shape index (κ2) is 4.25. The van der Waals surface area contributed by atoms with Gasteiger partial charge < -0.3 is 0 Å². The van der Waals surface area contributed by atoms with Crippen molar-refractivity contribution in [3.05, 3.63) is 35.4 Å². The topological polar surface area (TPSA) is 40.9 Å². The van der Waals surface area contributed by atoms with E-state index in [0.29, 0.717) is 24.8 Å². The van der Waals surface area contributed by atoms with Crippen LogP contribution in [-0.4, -0.2) is 5.78 Å². The van der Waals surface area contributed by atoms with Gasteiger partial charge in [0.05, 0.1) is 6.07 Å². The second-order valence-corrected chi connectivity index (χ2v) is 4.43. The highest BCUT2D eigenvalue weighted by atomic mass is 19.1. The van der Waals surface area contributed by atoms with Crippen molar-refractivity contribution in [3.8, 4) is 6.07 Å². The minimum atomic E-state index is -1.08. The first-order chi connectivity index (χ1) is 8.05. The van der Waals surface area contributed by atoms with Gasteiger partial charge in [0, 0.05) is 12.5 Å². The van der Waals surface area contributed by atoms with Crippen LogP contribution in [0.5, 0.6) is 0 Å². The van der Waals surface area contributed by atoms with Crippen LogP contribution in [-0.2, 0) is 11.2 Å². The zero-order valence-corrected chi connectivity index (χ0v) is 9.17. The van der Waals surface area contributed by atoms with Gasteiger partial charge in [-0.15, -0.1) is 0 Å². The Morgan fingerprint density at radius 2 is 1.94 bits per heavy atom. The SMILES string of the molecule is N#CC1(Cc2cc(F)cc(F)c2)CCCC1=O. The van der Waals surface area contributed by atoms with E-state index in [9.17, 15) is 13.6 Å². The summed E-state index contributed by atoms with van der Waals surface area (Å²) in [5.74, 6) is -1.48. The molecule has 0 heterocycles. The van der Waals surface area contributed by atoms with Gasteiger partial charge in [-0.2, -0.15) is 5.26 Å². The number of rotatable bonds is 2. The molecule has 1 aliphatic rings. The smallest absolute Gasteiger partial charge is 0.153 e. The lowest BCUT2D eigenvalue weighted by Crippen LogP contribution is -2.26. The van der Waals surface area contributed by atoms with Gasteiger partial charge in [0.2, 0.25) is 0 Å². The molecule has 0 N–H and O–H groups in total. The van der Waals surface area contributed by atoms with Crippen LogP contribution in [0.2, 0.25) is 0 Å². The number of benzene rings is 1. The van der Waals surface area contributed by atoms with Crippen molar-refractivity contribution in [1.82, 2.24) is 0 Å². The lowest BCUT2D eigenvalue weighted by molar-refractivity contribution is -0.123. The van der Waals surface area contributed by atoms with E-state index < -0.39 is 17.0 Å². The first-order valence-corrected chi connectivity index (χ1v) is 5.45. The lowest BCUT2D eigenvalue weighted by atomic mass is 9.80. The van der Waals surface area contributed by atoms with E-state index >= 15 is 0 Å². The van der Waals surface area contributed by atoms with Crippen LogP contribution in [0.15, 0.2) is 18.2 Å². The van der Waals surface area contributed by atoms with Crippen LogP contribution in [0.25, 0.3) is 0 Å². The molecule has 88 valence electrons. The predicted molar refractivity (Wildman–Crippen MR) is 57.0 cm³/mol. The third kappa shape index (κ3) is 2.19. The third-order valence-electron chi connectivity index (χ3n) is 3.18.